The van der Waals surface area contributed by atoms with Gasteiger partial charge in [0.1, 0.15) is 17.9 Å². The van der Waals surface area contributed by atoms with E-state index >= 15 is 0 Å². The van der Waals surface area contributed by atoms with Crippen LogP contribution in [0.15, 0.2) is 72.3 Å². The van der Waals surface area contributed by atoms with Crippen LogP contribution in [-0.4, -0.2) is 17.8 Å². The number of aryl methyl sites for hydroxylation is 2. The Hall–Kier alpha value is -3.90. The van der Waals surface area contributed by atoms with Crippen molar-refractivity contribution in [2.75, 3.05) is 4.90 Å². The van der Waals surface area contributed by atoms with Crippen LogP contribution in [0.4, 0.5) is 10.5 Å². The maximum Gasteiger partial charge on any atom is 0.335 e. The van der Waals surface area contributed by atoms with Gasteiger partial charge in [0.15, 0.2) is 0 Å². The average molecular weight is 461 g/mol. The normalized spacial score (nSPS) is 15.1. The molecule has 6 nitrogen and oxygen atoms in total. The molecule has 4 rings (SSSR count). The molecule has 7 heteroatoms. The van der Waals surface area contributed by atoms with Crippen LogP contribution in [0.2, 0.25) is 5.02 Å². The number of imide groups is 2. The van der Waals surface area contributed by atoms with Crippen molar-refractivity contribution in [1.82, 2.24) is 5.32 Å². The Morgan fingerprint density at radius 1 is 0.939 bits per heavy atom. The molecule has 0 atom stereocenters. The Kier molecular flexibility index (Phi) is 6.29. The predicted molar refractivity (Wildman–Crippen MR) is 127 cm³/mol. The lowest BCUT2D eigenvalue weighted by atomic mass is 10.0. The van der Waals surface area contributed by atoms with Crippen LogP contribution in [0.1, 0.15) is 22.3 Å². The number of nitrogens with zero attached hydrogens (tertiary/aromatic N) is 1. The van der Waals surface area contributed by atoms with Gasteiger partial charge in [0.05, 0.1) is 5.69 Å². The molecule has 3 aromatic rings. The molecular formula is C26H21ClN2O4. The van der Waals surface area contributed by atoms with Gasteiger partial charge in [-0.1, -0.05) is 48.0 Å². The van der Waals surface area contributed by atoms with Gasteiger partial charge in [-0.25, -0.2) is 9.69 Å². The zero-order valence-electron chi connectivity index (χ0n) is 18.1. The second-order valence-electron chi connectivity index (χ2n) is 7.68. The monoisotopic (exact) mass is 460 g/mol. The Morgan fingerprint density at radius 2 is 1.73 bits per heavy atom. The molecule has 33 heavy (non-hydrogen) atoms. The summed E-state index contributed by atoms with van der Waals surface area (Å²) in [5, 5.41) is 2.85. The van der Waals surface area contributed by atoms with Crippen LogP contribution in [0, 0.1) is 13.8 Å². The summed E-state index contributed by atoms with van der Waals surface area (Å²) in [6.07, 6.45) is 1.44. The highest BCUT2D eigenvalue weighted by molar-refractivity contribution is 6.39. The number of halogens is 1. The molecule has 0 aliphatic carbocycles. The summed E-state index contributed by atoms with van der Waals surface area (Å²) in [6, 6.07) is 18.8. The molecule has 4 amide bonds. The molecule has 1 aliphatic heterocycles. The molecule has 1 heterocycles. The zero-order valence-corrected chi connectivity index (χ0v) is 18.8. The van der Waals surface area contributed by atoms with Crippen LogP contribution >= 0.6 is 11.6 Å². The van der Waals surface area contributed by atoms with Gasteiger partial charge in [0, 0.05) is 10.6 Å². The fraction of sp³-hybridized carbons (Fsp3) is 0.115. The molecule has 0 saturated carbocycles. The first-order valence-electron chi connectivity index (χ1n) is 10.3. The minimum absolute atomic E-state index is 0.143. The van der Waals surface area contributed by atoms with Gasteiger partial charge >= 0.3 is 6.03 Å². The number of amides is 4. The van der Waals surface area contributed by atoms with Gasteiger partial charge in [0.2, 0.25) is 0 Å². The molecule has 1 N–H and O–H groups in total. The highest BCUT2D eigenvalue weighted by atomic mass is 35.5. The Bertz CT molecular complexity index is 1300. The molecule has 0 spiro atoms. The topological polar surface area (TPSA) is 75.7 Å². The fourth-order valence-corrected chi connectivity index (χ4v) is 3.58. The zero-order chi connectivity index (χ0) is 23.5. The summed E-state index contributed by atoms with van der Waals surface area (Å²) < 4.78 is 5.82. The van der Waals surface area contributed by atoms with E-state index in [9.17, 15) is 14.4 Å². The maximum atomic E-state index is 13.1. The summed E-state index contributed by atoms with van der Waals surface area (Å²) in [5.41, 5.74) is 3.64. The SMILES string of the molecule is Cc1ccc(N2C(=O)NC(=O)/C(=C\c3cccc(OCc4ccccc4Cl)c3)C2=O)cc1C. The van der Waals surface area contributed by atoms with Crippen LogP contribution < -0.4 is 15.0 Å². The number of barbiturate groups is 1. The Morgan fingerprint density at radius 3 is 2.48 bits per heavy atom. The van der Waals surface area contributed by atoms with E-state index in [0.717, 1.165) is 21.6 Å². The standard InChI is InChI=1S/C26H21ClN2O4/c1-16-10-11-20(12-17(16)2)29-25(31)22(24(30)28-26(29)32)14-18-6-5-8-21(13-18)33-15-19-7-3-4-9-23(19)27/h3-14H,15H2,1-2H3,(H,28,30,32)/b22-14+. The molecule has 0 aromatic heterocycles. The molecule has 1 aliphatic rings. The minimum atomic E-state index is -0.776. The van der Waals surface area contributed by atoms with E-state index in [1.165, 1.54) is 6.08 Å². The van der Waals surface area contributed by atoms with Gasteiger partial charge in [-0.15, -0.1) is 0 Å². The number of carbonyl (C=O) groups excluding carboxylic acids is 3. The number of nitrogens with one attached hydrogen (secondary N) is 1. The highest BCUT2D eigenvalue weighted by Gasteiger charge is 2.36. The number of rotatable bonds is 5. The molecular weight excluding hydrogens is 440 g/mol. The molecule has 1 saturated heterocycles. The third kappa shape index (κ3) is 4.81. The summed E-state index contributed by atoms with van der Waals surface area (Å²) in [6.45, 7) is 4.10. The van der Waals surface area contributed by atoms with Gasteiger partial charge in [-0.2, -0.15) is 0 Å². The first kappa shape index (κ1) is 22.3. The first-order chi connectivity index (χ1) is 15.8. The van der Waals surface area contributed by atoms with Crippen molar-refractivity contribution in [3.8, 4) is 5.75 Å². The number of anilines is 1. The minimum Gasteiger partial charge on any atom is -0.489 e. The molecule has 0 radical (unpaired) electrons. The summed E-state index contributed by atoms with van der Waals surface area (Å²) >= 11 is 6.17. The van der Waals surface area contributed by atoms with Crippen LogP contribution in [-0.2, 0) is 16.2 Å². The van der Waals surface area contributed by atoms with E-state index in [0.29, 0.717) is 22.0 Å². The average Bonchev–Trinajstić information content (AvgIpc) is 2.78. The van der Waals surface area contributed by atoms with Crippen LogP contribution in [0.25, 0.3) is 6.08 Å². The number of hydrogen-bond acceptors (Lipinski definition) is 4. The third-order valence-corrected chi connectivity index (χ3v) is 5.74. The first-order valence-corrected chi connectivity index (χ1v) is 10.7. The smallest absolute Gasteiger partial charge is 0.335 e. The second kappa shape index (κ2) is 9.30. The fourth-order valence-electron chi connectivity index (χ4n) is 3.39. The molecule has 0 bridgehead atoms. The van der Waals surface area contributed by atoms with Gasteiger partial charge in [-0.3, -0.25) is 14.9 Å². The maximum absolute atomic E-state index is 13.1. The van der Waals surface area contributed by atoms with E-state index in [4.69, 9.17) is 16.3 Å². The van der Waals surface area contributed by atoms with Crippen LogP contribution in [0.3, 0.4) is 0 Å². The molecule has 1 fully saturated rings. The van der Waals surface area contributed by atoms with E-state index in [1.807, 2.05) is 38.1 Å². The lowest BCUT2D eigenvalue weighted by molar-refractivity contribution is -0.122. The number of hydrogen-bond donors (Lipinski definition) is 1. The van der Waals surface area contributed by atoms with Crippen molar-refractivity contribution >= 4 is 41.2 Å². The third-order valence-electron chi connectivity index (χ3n) is 5.37. The van der Waals surface area contributed by atoms with Gasteiger partial charge in [-0.05, 0) is 66.9 Å². The summed E-state index contributed by atoms with van der Waals surface area (Å²) in [5.74, 6) is -0.878. The Labute approximate surface area is 196 Å². The van der Waals surface area contributed by atoms with Gasteiger partial charge in [0.25, 0.3) is 11.8 Å². The number of urea groups is 1. The van der Waals surface area contributed by atoms with Crippen LogP contribution in [0.5, 0.6) is 5.75 Å². The van der Waals surface area contributed by atoms with E-state index < -0.39 is 17.8 Å². The number of carbonyl (C=O) groups is 3. The van der Waals surface area contributed by atoms with Crippen molar-refractivity contribution in [1.29, 1.82) is 0 Å². The Balaban J connectivity index is 1.59. The molecule has 3 aromatic carbocycles. The summed E-state index contributed by atoms with van der Waals surface area (Å²) in [7, 11) is 0. The largest absolute Gasteiger partial charge is 0.489 e. The number of ether oxygens (including phenoxy) is 1. The van der Waals surface area contributed by atoms with E-state index in [1.54, 1.807) is 42.5 Å². The molecule has 0 unspecified atom stereocenters. The van der Waals surface area contributed by atoms with Crippen molar-refractivity contribution < 1.29 is 19.1 Å². The quantitative estimate of drug-likeness (QED) is 0.419. The molecule has 166 valence electrons. The summed E-state index contributed by atoms with van der Waals surface area (Å²) in [4.78, 5) is 39.0. The lowest BCUT2D eigenvalue weighted by Gasteiger charge is -2.26. The van der Waals surface area contributed by atoms with Crippen molar-refractivity contribution in [3.63, 3.8) is 0 Å². The van der Waals surface area contributed by atoms with Gasteiger partial charge < -0.3 is 4.74 Å². The van der Waals surface area contributed by atoms with E-state index in [-0.39, 0.29) is 12.2 Å². The highest BCUT2D eigenvalue weighted by Crippen LogP contribution is 2.25. The lowest BCUT2D eigenvalue weighted by Crippen LogP contribution is -2.54. The number of benzene rings is 3. The van der Waals surface area contributed by atoms with E-state index in [2.05, 4.69) is 5.32 Å². The van der Waals surface area contributed by atoms with Crippen molar-refractivity contribution in [2.45, 2.75) is 20.5 Å². The second-order valence-corrected chi connectivity index (χ2v) is 8.09. The predicted octanol–water partition coefficient (Wildman–Crippen LogP) is 5.20. The van der Waals surface area contributed by atoms with Crippen molar-refractivity contribution in [3.05, 3.63) is 99.6 Å². The van der Waals surface area contributed by atoms with Crippen molar-refractivity contribution in [2.24, 2.45) is 0 Å².